The van der Waals surface area contributed by atoms with E-state index < -0.39 is 24.0 Å². The lowest BCUT2D eigenvalue weighted by atomic mass is 10.0. The molecule has 0 spiro atoms. The van der Waals surface area contributed by atoms with Crippen LogP contribution in [0, 0.1) is 10.8 Å². The van der Waals surface area contributed by atoms with Crippen molar-refractivity contribution in [2.45, 2.75) is 93.4 Å². The van der Waals surface area contributed by atoms with Crippen LogP contribution < -0.4 is 0 Å². The fraction of sp³-hybridized carbons (Fsp3) is 1.00. The van der Waals surface area contributed by atoms with E-state index in [2.05, 4.69) is 41.5 Å². The Labute approximate surface area is 139 Å². The Morgan fingerprint density at radius 2 is 0.682 bits per heavy atom. The predicted octanol–water partition coefficient (Wildman–Crippen LogP) is 7.32. The van der Waals surface area contributed by atoms with Gasteiger partial charge >= 0.3 is 0 Å². The first-order valence-corrected chi connectivity index (χ1v) is 12.8. The molecule has 2 unspecified atom stereocenters. The lowest BCUT2D eigenvalue weighted by molar-refractivity contribution is 0.442. The van der Waals surface area contributed by atoms with Crippen molar-refractivity contribution in [3.8, 4) is 0 Å². The fourth-order valence-corrected chi connectivity index (χ4v) is 18.6. The van der Waals surface area contributed by atoms with Crippen molar-refractivity contribution < 1.29 is 9.13 Å². The van der Waals surface area contributed by atoms with Crippen LogP contribution in [-0.4, -0.2) is 22.6 Å². The maximum atomic E-state index is 14.3. The number of hydrogen-bond acceptors (Lipinski definition) is 2. The Morgan fingerprint density at radius 3 is 0.773 bits per heavy atom. The quantitative estimate of drug-likeness (QED) is 0.500. The highest BCUT2D eigenvalue weighted by Crippen LogP contribution is 2.92. The van der Waals surface area contributed by atoms with Gasteiger partial charge in [0.1, 0.15) is 13.7 Å². The lowest BCUT2D eigenvalue weighted by Crippen LogP contribution is -2.32. The zero-order chi connectivity index (χ0) is 18.4. The van der Waals surface area contributed by atoms with Crippen LogP contribution in [0.1, 0.15) is 83.1 Å². The molecule has 0 aliphatic rings. The smallest absolute Gasteiger partial charge is 0.149 e. The van der Waals surface area contributed by atoms with E-state index >= 15 is 0 Å². The second kappa shape index (κ2) is 6.07. The van der Waals surface area contributed by atoms with E-state index in [4.69, 9.17) is 0 Å². The van der Waals surface area contributed by atoms with Gasteiger partial charge in [-0.25, -0.2) is 0 Å². The molecule has 0 radical (unpaired) electrons. The number of hydrogen-bond donors (Lipinski definition) is 0. The summed E-state index contributed by atoms with van der Waals surface area (Å²) in [5.74, 6) is 0. The minimum atomic E-state index is -2.91. The topological polar surface area (TPSA) is 34.1 Å². The first-order valence-electron chi connectivity index (χ1n) is 8.35. The fourth-order valence-electron chi connectivity index (χ4n) is 2.96. The van der Waals surface area contributed by atoms with Crippen LogP contribution in [0.5, 0.6) is 0 Å². The van der Waals surface area contributed by atoms with E-state index in [1.807, 2.05) is 41.5 Å². The molecule has 0 saturated carbocycles. The molecule has 2 atom stereocenters. The highest BCUT2D eigenvalue weighted by atomic mass is 32.1. The second-order valence-corrected chi connectivity index (χ2v) is 21.2. The van der Waals surface area contributed by atoms with Crippen molar-refractivity contribution in [1.29, 1.82) is 0 Å². The molecule has 2 nitrogen and oxygen atoms in total. The van der Waals surface area contributed by atoms with Crippen molar-refractivity contribution in [1.82, 2.24) is 0 Å². The van der Waals surface area contributed by atoms with E-state index in [0.29, 0.717) is 12.3 Å². The summed E-state index contributed by atoms with van der Waals surface area (Å²) in [6.45, 7) is 18.9. The normalized spacial score (nSPS) is 20.4. The summed E-state index contributed by atoms with van der Waals surface area (Å²) in [5.41, 5.74) is -0.191. The van der Waals surface area contributed by atoms with Gasteiger partial charge in [-0.05, 0) is 10.8 Å². The third kappa shape index (κ3) is 4.98. The average Bonchev–Trinajstić information content (AvgIpc) is 2.07. The minimum absolute atomic E-state index is 0.0956. The molecule has 0 aromatic carbocycles. The van der Waals surface area contributed by atoms with Gasteiger partial charge in [0, 0.05) is 22.6 Å². The maximum absolute atomic E-state index is 14.3. The largest absolute Gasteiger partial charge is 0.315 e. The van der Waals surface area contributed by atoms with Crippen LogP contribution >= 0.6 is 13.7 Å². The Balaban J connectivity index is 6.49. The third-order valence-corrected chi connectivity index (χ3v) is 19.6. The molecule has 0 aromatic heterocycles. The minimum Gasteiger partial charge on any atom is -0.315 e. The van der Waals surface area contributed by atoms with E-state index in [1.165, 1.54) is 0 Å². The monoisotopic (exact) mass is 350 g/mol. The Morgan fingerprint density at radius 1 is 0.500 bits per heavy atom. The molecule has 0 N–H and O–H groups in total. The molecule has 0 bridgehead atoms. The first-order chi connectivity index (χ1) is 9.16. The Bertz CT molecular complexity index is 431. The molecule has 4 heteroatoms. The zero-order valence-corrected chi connectivity index (χ0v) is 18.9. The molecular weight excluding hydrogens is 310 g/mol. The van der Waals surface area contributed by atoms with Gasteiger partial charge < -0.3 is 9.13 Å². The number of rotatable bonds is 3. The summed E-state index contributed by atoms with van der Waals surface area (Å²) in [4.78, 5) is 0. The molecule has 0 saturated heterocycles. The van der Waals surface area contributed by atoms with E-state index in [9.17, 15) is 9.13 Å². The van der Waals surface area contributed by atoms with Gasteiger partial charge in [-0.15, -0.1) is 0 Å². The van der Waals surface area contributed by atoms with Crippen LogP contribution in [0.2, 0.25) is 0 Å². The van der Waals surface area contributed by atoms with Gasteiger partial charge in [0.15, 0.2) is 0 Å². The summed E-state index contributed by atoms with van der Waals surface area (Å²) >= 11 is 0. The summed E-state index contributed by atoms with van der Waals surface area (Å²) in [5, 5.41) is -0.872. The van der Waals surface area contributed by atoms with Gasteiger partial charge in [0.05, 0.1) is 0 Å². The molecule has 0 aliphatic heterocycles. The van der Waals surface area contributed by atoms with Gasteiger partial charge in [-0.1, -0.05) is 83.1 Å². The summed E-state index contributed by atoms with van der Waals surface area (Å²) < 4.78 is 28.7. The van der Waals surface area contributed by atoms with Gasteiger partial charge in [-0.3, -0.25) is 0 Å². The van der Waals surface area contributed by atoms with Gasteiger partial charge in [0.25, 0.3) is 0 Å². The molecule has 0 aromatic rings. The zero-order valence-electron chi connectivity index (χ0n) is 17.1. The predicted molar refractivity (Wildman–Crippen MR) is 103 cm³/mol. The Hall–Kier alpha value is 0.460. The molecule has 0 heterocycles. The van der Waals surface area contributed by atoms with Crippen molar-refractivity contribution in [2.24, 2.45) is 10.8 Å². The first kappa shape index (κ1) is 22.5. The molecule has 0 fully saturated rings. The SMILES string of the molecule is CC(C)(C)CP(=O)(C(C)(C)C)P(=O)(CC(C)(C)C)C(C)(C)C. The summed E-state index contributed by atoms with van der Waals surface area (Å²) in [6, 6.07) is 0. The average molecular weight is 350 g/mol. The van der Waals surface area contributed by atoms with E-state index in [1.54, 1.807) is 0 Å². The summed E-state index contributed by atoms with van der Waals surface area (Å²) in [7, 11) is 0. The highest BCUT2D eigenvalue weighted by molar-refractivity contribution is 8.37. The van der Waals surface area contributed by atoms with Crippen LogP contribution in [-0.2, 0) is 9.13 Å². The van der Waals surface area contributed by atoms with Crippen LogP contribution in [0.25, 0.3) is 0 Å². The molecule has 0 rings (SSSR count). The van der Waals surface area contributed by atoms with Crippen molar-refractivity contribution in [3.63, 3.8) is 0 Å². The molecule has 134 valence electrons. The summed E-state index contributed by atoms with van der Waals surface area (Å²) in [6.07, 6.45) is 1.10. The van der Waals surface area contributed by atoms with Crippen molar-refractivity contribution in [2.75, 3.05) is 12.3 Å². The van der Waals surface area contributed by atoms with Crippen LogP contribution in [0.3, 0.4) is 0 Å². The highest BCUT2D eigenvalue weighted by Gasteiger charge is 2.58. The standard InChI is InChI=1S/C18H40O2P2/c1-15(2,3)13-21(19,17(7,8)9)22(20,18(10,11)12)14-16(4,5)6/h13-14H2,1-12H3. The molecular formula is C18H40O2P2. The van der Waals surface area contributed by atoms with E-state index in [-0.39, 0.29) is 10.8 Å². The molecule has 0 amide bonds. The van der Waals surface area contributed by atoms with Gasteiger partial charge in [-0.2, -0.15) is 0 Å². The Kier molecular flexibility index (Phi) is 6.20. The molecule has 22 heavy (non-hydrogen) atoms. The second-order valence-electron chi connectivity index (χ2n) is 11.2. The van der Waals surface area contributed by atoms with Crippen molar-refractivity contribution >= 4 is 13.7 Å². The van der Waals surface area contributed by atoms with Crippen LogP contribution in [0.4, 0.5) is 0 Å². The third-order valence-electron chi connectivity index (χ3n) is 4.00. The van der Waals surface area contributed by atoms with Gasteiger partial charge in [0.2, 0.25) is 0 Å². The van der Waals surface area contributed by atoms with Crippen LogP contribution in [0.15, 0.2) is 0 Å². The maximum Gasteiger partial charge on any atom is 0.149 e. The van der Waals surface area contributed by atoms with Crippen molar-refractivity contribution in [3.05, 3.63) is 0 Å². The molecule has 0 aliphatic carbocycles. The lowest BCUT2D eigenvalue weighted by Gasteiger charge is -2.48. The van der Waals surface area contributed by atoms with E-state index in [0.717, 1.165) is 0 Å².